The molecule has 10 heteroatoms. The van der Waals surface area contributed by atoms with Crippen molar-refractivity contribution in [2.75, 3.05) is 26.2 Å². The van der Waals surface area contributed by atoms with Gasteiger partial charge in [0.15, 0.2) is 6.20 Å². The Hall–Kier alpha value is -2.10. The first kappa shape index (κ1) is 23.6. The molecule has 0 aliphatic carbocycles. The molecule has 0 N–H and O–H groups in total. The monoisotopic (exact) mass is 447 g/mol. The number of hydrogen-bond donors (Lipinski definition) is 0. The first-order valence-electron chi connectivity index (χ1n) is 10.4. The van der Waals surface area contributed by atoms with Crippen molar-refractivity contribution in [3.63, 3.8) is 0 Å². The fraction of sp³-hybridized carbons (Fsp3) is 0.714. The average molecular weight is 447 g/mol. The van der Waals surface area contributed by atoms with E-state index in [0.29, 0.717) is 4.73 Å². The van der Waals surface area contributed by atoms with E-state index in [9.17, 15) is 27.6 Å². The summed E-state index contributed by atoms with van der Waals surface area (Å²) in [5.41, 5.74) is -0.290. The molecule has 2 aliphatic rings. The van der Waals surface area contributed by atoms with Crippen molar-refractivity contribution in [2.45, 2.75) is 69.9 Å². The highest BCUT2D eigenvalue weighted by molar-refractivity contribution is 5.68. The number of hydrogen-bond acceptors (Lipinski definition) is 4. The zero-order valence-electron chi connectivity index (χ0n) is 18.0. The molecule has 3 rings (SSSR count). The van der Waals surface area contributed by atoms with Gasteiger partial charge in [-0.3, -0.25) is 4.90 Å². The molecule has 1 amide bonds. The van der Waals surface area contributed by atoms with Crippen LogP contribution >= 0.6 is 0 Å². The summed E-state index contributed by atoms with van der Waals surface area (Å²) in [6.07, 6.45) is -0.600. The standard InChI is InChI=1S/C21H29F4N3O3/c1-19(2,3)31-18(29)27-11-7-21(24,25)17(14-27)15-4-8-28(30)16(12-15)13-26-9-5-20(22,23)6-10-26/h4,8,12,17H,5-7,9-11,13-14H2,1-3H3. The number of carbonyl (C=O) groups is 1. The smallest absolute Gasteiger partial charge is 0.410 e. The Morgan fingerprint density at radius 2 is 1.84 bits per heavy atom. The quantitative estimate of drug-likeness (QED) is 0.401. The molecule has 2 saturated heterocycles. The van der Waals surface area contributed by atoms with Gasteiger partial charge in [-0.05, 0) is 26.3 Å². The number of piperidine rings is 2. The summed E-state index contributed by atoms with van der Waals surface area (Å²) < 4.78 is 62.1. The largest absolute Gasteiger partial charge is 0.618 e. The molecule has 0 saturated carbocycles. The predicted octanol–water partition coefficient (Wildman–Crippen LogP) is 3.91. The highest BCUT2D eigenvalue weighted by Gasteiger charge is 2.47. The molecule has 1 unspecified atom stereocenters. The second-order valence-corrected chi connectivity index (χ2v) is 9.40. The molecule has 174 valence electrons. The normalized spacial score (nSPS) is 24.1. The molecular weight excluding hydrogens is 418 g/mol. The number of ether oxygens (including phenoxy) is 1. The van der Waals surface area contributed by atoms with Crippen LogP contribution in [0.1, 0.15) is 57.2 Å². The van der Waals surface area contributed by atoms with E-state index in [4.69, 9.17) is 4.74 Å². The van der Waals surface area contributed by atoms with Crippen LogP contribution in [0.4, 0.5) is 22.4 Å². The van der Waals surface area contributed by atoms with Crippen LogP contribution in [0, 0.1) is 5.21 Å². The van der Waals surface area contributed by atoms with Gasteiger partial charge in [0, 0.05) is 57.6 Å². The fourth-order valence-corrected chi connectivity index (χ4v) is 3.90. The number of carbonyl (C=O) groups excluding carboxylic acids is 1. The lowest BCUT2D eigenvalue weighted by molar-refractivity contribution is -0.615. The Kier molecular flexibility index (Phi) is 6.42. The highest BCUT2D eigenvalue weighted by Crippen LogP contribution is 2.40. The van der Waals surface area contributed by atoms with E-state index in [2.05, 4.69) is 0 Å². The lowest BCUT2D eigenvalue weighted by atomic mass is 9.87. The van der Waals surface area contributed by atoms with Gasteiger partial charge in [0.2, 0.25) is 5.69 Å². The lowest BCUT2D eigenvalue weighted by Gasteiger charge is -2.39. The first-order chi connectivity index (χ1) is 14.3. The molecule has 1 aromatic rings. The van der Waals surface area contributed by atoms with E-state index < -0.39 is 35.9 Å². The number of rotatable bonds is 3. The van der Waals surface area contributed by atoms with Crippen LogP contribution in [0.5, 0.6) is 0 Å². The third kappa shape index (κ3) is 5.99. The Morgan fingerprint density at radius 1 is 1.19 bits per heavy atom. The van der Waals surface area contributed by atoms with E-state index in [0.717, 1.165) is 6.20 Å². The summed E-state index contributed by atoms with van der Waals surface area (Å²) in [5.74, 6) is -7.06. The highest BCUT2D eigenvalue weighted by atomic mass is 19.3. The SMILES string of the molecule is CC(C)(C)OC(=O)N1CCC(F)(F)C(c2cc[n+]([O-])c(CN3CCC(F)(F)CC3)c2)C1. The van der Waals surface area contributed by atoms with Crippen LogP contribution in [0.2, 0.25) is 0 Å². The Bertz CT molecular complexity index is 804. The van der Waals surface area contributed by atoms with Gasteiger partial charge in [-0.25, -0.2) is 22.4 Å². The van der Waals surface area contributed by atoms with Crippen LogP contribution in [0.25, 0.3) is 0 Å². The minimum Gasteiger partial charge on any atom is -0.618 e. The van der Waals surface area contributed by atoms with Crippen molar-refractivity contribution < 1.29 is 31.8 Å². The van der Waals surface area contributed by atoms with Crippen molar-refractivity contribution in [3.05, 3.63) is 34.8 Å². The summed E-state index contributed by atoms with van der Waals surface area (Å²) >= 11 is 0. The number of aromatic nitrogens is 1. The molecule has 0 spiro atoms. The molecular formula is C21H29F4N3O3. The maximum atomic E-state index is 14.7. The topological polar surface area (TPSA) is 59.7 Å². The zero-order valence-corrected chi connectivity index (χ0v) is 18.0. The van der Waals surface area contributed by atoms with Crippen LogP contribution in [0.3, 0.4) is 0 Å². The fourth-order valence-electron chi connectivity index (χ4n) is 3.90. The van der Waals surface area contributed by atoms with Crippen molar-refractivity contribution >= 4 is 6.09 Å². The van der Waals surface area contributed by atoms with Gasteiger partial charge in [-0.15, -0.1) is 0 Å². The zero-order chi connectivity index (χ0) is 23.0. The van der Waals surface area contributed by atoms with Gasteiger partial charge in [-0.2, -0.15) is 4.73 Å². The molecule has 31 heavy (non-hydrogen) atoms. The van der Waals surface area contributed by atoms with Crippen LogP contribution in [0.15, 0.2) is 18.3 Å². The second kappa shape index (κ2) is 8.44. The molecule has 6 nitrogen and oxygen atoms in total. The number of nitrogens with zero attached hydrogens (tertiary/aromatic N) is 3. The molecule has 3 heterocycles. The molecule has 1 atom stereocenters. The van der Waals surface area contributed by atoms with Crippen molar-refractivity contribution in [3.8, 4) is 0 Å². The summed E-state index contributed by atoms with van der Waals surface area (Å²) in [4.78, 5) is 15.4. The molecule has 0 bridgehead atoms. The van der Waals surface area contributed by atoms with Gasteiger partial charge in [0.1, 0.15) is 5.60 Å². The third-order valence-corrected chi connectivity index (χ3v) is 5.67. The summed E-state index contributed by atoms with van der Waals surface area (Å²) in [5, 5.41) is 12.2. The summed E-state index contributed by atoms with van der Waals surface area (Å²) in [6.45, 7) is 5.10. The first-order valence-corrected chi connectivity index (χ1v) is 10.4. The molecule has 2 fully saturated rings. The molecule has 0 radical (unpaired) electrons. The number of amides is 1. The summed E-state index contributed by atoms with van der Waals surface area (Å²) in [7, 11) is 0. The minimum atomic E-state index is -3.06. The van der Waals surface area contributed by atoms with Crippen molar-refractivity contribution in [2.24, 2.45) is 0 Å². The number of likely N-dealkylation sites (tertiary alicyclic amines) is 2. The van der Waals surface area contributed by atoms with Gasteiger partial charge >= 0.3 is 6.09 Å². The van der Waals surface area contributed by atoms with E-state index in [1.807, 2.05) is 0 Å². The van der Waals surface area contributed by atoms with Crippen LogP contribution < -0.4 is 4.73 Å². The van der Waals surface area contributed by atoms with Gasteiger partial charge in [0.25, 0.3) is 11.8 Å². The van der Waals surface area contributed by atoms with Gasteiger partial charge in [0.05, 0.1) is 12.5 Å². The van der Waals surface area contributed by atoms with Crippen LogP contribution in [-0.2, 0) is 11.3 Å². The van der Waals surface area contributed by atoms with Gasteiger partial charge in [-0.1, -0.05) is 0 Å². The van der Waals surface area contributed by atoms with E-state index in [1.54, 1.807) is 25.7 Å². The Labute approximate surface area is 179 Å². The lowest BCUT2D eigenvalue weighted by Crippen LogP contribution is -2.49. The molecule has 2 aliphatic heterocycles. The van der Waals surface area contributed by atoms with E-state index in [-0.39, 0.29) is 56.8 Å². The summed E-state index contributed by atoms with van der Waals surface area (Å²) in [6, 6.07) is 2.73. The third-order valence-electron chi connectivity index (χ3n) is 5.67. The maximum Gasteiger partial charge on any atom is 0.410 e. The second-order valence-electron chi connectivity index (χ2n) is 9.40. The number of alkyl halides is 4. The Balaban J connectivity index is 1.76. The molecule has 0 aromatic carbocycles. The number of pyridine rings is 1. The van der Waals surface area contributed by atoms with Crippen LogP contribution in [-0.4, -0.2) is 59.5 Å². The van der Waals surface area contributed by atoms with E-state index >= 15 is 0 Å². The van der Waals surface area contributed by atoms with Gasteiger partial charge < -0.3 is 14.8 Å². The maximum absolute atomic E-state index is 14.7. The van der Waals surface area contributed by atoms with Crippen molar-refractivity contribution in [1.29, 1.82) is 0 Å². The minimum absolute atomic E-state index is 0.0987. The number of halogens is 4. The molecule has 1 aromatic heterocycles. The predicted molar refractivity (Wildman–Crippen MR) is 105 cm³/mol. The van der Waals surface area contributed by atoms with Crippen molar-refractivity contribution in [1.82, 2.24) is 9.80 Å². The van der Waals surface area contributed by atoms with E-state index in [1.165, 1.54) is 17.0 Å². The average Bonchev–Trinajstić information content (AvgIpc) is 2.63. The Morgan fingerprint density at radius 3 is 2.45 bits per heavy atom.